The maximum atomic E-state index is 13.1. The molecule has 7 rings (SSSR count). The summed E-state index contributed by atoms with van der Waals surface area (Å²) < 4.78 is 39.4. The van der Waals surface area contributed by atoms with E-state index < -0.39 is 62.3 Å². The SMILES string of the molecule is Nc1ncnc2c1ccn2[C@@H]1O[C@@H]2COP(=O)(O)O[C@@H]3[C@H](O)C(CCC[C@H]2[C@H]1O)O[C@H]3n1cnc2c(=O)[nH]ccc21. The zero-order valence-electron chi connectivity index (χ0n) is 21.5. The van der Waals surface area contributed by atoms with Crippen LogP contribution in [-0.4, -0.2) is 81.3 Å². The summed E-state index contributed by atoms with van der Waals surface area (Å²) in [7, 11) is -4.77. The number of nitrogen functional groups attached to an aromatic ring is 1. The first kappa shape index (κ1) is 26.7. The van der Waals surface area contributed by atoms with E-state index in [2.05, 4.69) is 19.9 Å². The van der Waals surface area contributed by atoms with Crippen molar-refractivity contribution < 1.29 is 38.2 Å². The van der Waals surface area contributed by atoms with Crippen molar-refractivity contribution in [2.75, 3.05) is 12.3 Å². The maximum absolute atomic E-state index is 13.1. The third-order valence-electron chi connectivity index (χ3n) is 8.11. The number of pyridine rings is 1. The Morgan fingerprint density at radius 3 is 2.73 bits per heavy atom. The van der Waals surface area contributed by atoms with Gasteiger partial charge in [0.25, 0.3) is 5.56 Å². The van der Waals surface area contributed by atoms with Gasteiger partial charge < -0.3 is 44.4 Å². The van der Waals surface area contributed by atoms with Crippen LogP contribution in [0.15, 0.2) is 42.0 Å². The van der Waals surface area contributed by atoms with Gasteiger partial charge in [0, 0.05) is 18.3 Å². The van der Waals surface area contributed by atoms with Crippen LogP contribution in [0.3, 0.4) is 0 Å². The topological polar surface area (TPSA) is 222 Å². The minimum atomic E-state index is -4.77. The van der Waals surface area contributed by atoms with Crippen molar-refractivity contribution in [3.05, 3.63) is 47.5 Å². The molecule has 3 aliphatic rings. The summed E-state index contributed by atoms with van der Waals surface area (Å²) in [6.45, 7) is -0.358. The molecule has 218 valence electrons. The number of hydrogen-bond acceptors (Lipinski definition) is 12. The van der Waals surface area contributed by atoms with Crippen LogP contribution in [0.4, 0.5) is 5.82 Å². The molecule has 6 N–H and O–H groups in total. The second-order valence-electron chi connectivity index (χ2n) is 10.5. The van der Waals surface area contributed by atoms with Crippen molar-refractivity contribution in [2.24, 2.45) is 5.92 Å². The third kappa shape index (κ3) is 4.47. The molecular formula is C24H28N7O9P. The Morgan fingerprint density at radius 2 is 1.88 bits per heavy atom. The molecule has 7 heterocycles. The Morgan fingerprint density at radius 1 is 1.05 bits per heavy atom. The van der Waals surface area contributed by atoms with Crippen molar-refractivity contribution >= 4 is 35.7 Å². The number of nitrogens with one attached hydrogen (secondary N) is 1. The summed E-state index contributed by atoms with van der Waals surface area (Å²) in [6, 6.07) is 3.33. The van der Waals surface area contributed by atoms with Gasteiger partial charge in [0.2, 0.25) is 0 Å². The molecule has 2 bridgehead atoms. The van der Waals surface area contributed by atoms with Gasteiger partial charge in [-0.15, -0.1) is 0 Å². The lowest BCUT2D eigenvalue weighted by Crippen LogP contribution is -2.35. The number of nitrogens with two attached hydrogens (primary N) is 1. The highest BCUT2D eigenvalue weighted by atomic mass is 31.2. The van der Waals surface area contributed by atoms with E-state index >= 15 is 0 Å². The molecule has 17 heteroatoms. The van der Waals surface area contributed by atoms with Gasteiger partial charge in [0.1, 0.15) is 36.1 Å². The zero-order valence-corrected chi connectivity index (χ0v) is 22.4. The lowest BCUT2D eigenvalue weighted by atomic mass is 9.91. The molecule has 0 spiro atoms. The molecular weight excluding hydrogens is 561 g/mol. The standard InChI is InChI=1S/C24H28N7O9P/c25-20-12-5-7-30(21(12)28-9-27-20)23-17(32)11-2-1-3-14-18(33)19(40-41(35,36)37-8-15(11)39-23)24(38-14)31-10-29-16-13(31)4-6-26-22(16)34/h4-7,9-11,14-15,17-19,23-24,32-33H,1-3,8H2,(H,26,34)(H,35,36)(H2,25,27,28)/t11-,14?,15-,17-,18-,19-,23-,24-/m1/s1. The van der Waals surface area contributed by atoms with Crippen LogP contribution >= 0.6 is 7.82 Å². The Balaban J connectivity index is 1.16. The summed E-state index contributed by atoms with van der Waals surface area (Å²) in [6.07, 6.45) is 0.103. The van der Waals surface area contributed by atoms with Crippen LogP contribution in [0, 0.1) is 5.92 Å². The summed E-state index contributed by atoms with van der Waals surface area (Å²) in [5.41, 5.74) is 6.57. The predicted molar refractivity (Wildman–Crippen MR) is 140 cm³/mol. The average molecular weight is 590 g/mol. The smallest absolute Gasteiger partial charge is 0.388 e. The first-order valence-electron chi connectivity index (χ1n) is 13.2. The Bertz CT molecular complexity index is 1710. The van der Waals surface area contributed by atoms with E-state index in [1.165, 1.54) is 23.4 Å². The van der Waals surface area contributed by atoms with E-state index in [9.17, 15) is 24.5 Å². The molecule has 9 atom stereocenters. The van der Waals surface area contributed by atoms with Crippen LogP contribution in [0.2, 0.25) is 0 Å². The maximum Gasteiger partial charge on any atom is 0.472 e. The Kier molecular flexibility index (Phi) is 6.48. The zero-order chi connectivity index (χ0) is 28.5. The molecule has 0 aromatic carbocycles. The van der Waals surface area contributed by atoms with E-state index in [1.807, 2.05) is 0 Å². The molecule has 0 amide bonds. The highest BCUT2D eigenvalue weighted by Crippen LogP contribution is 2.51. The van der Waals surface area contributed by atoms with Crippen LogP contribution in [-0.2, 0) is 23.1 Å². The number of ether oxygens (including phenoxy) is 2. The molecule has 0 radical (unpaired) electrons. The lowest BCUT2D eigenvalue weighted by Gasteiger charge is -2.26. The van der Waals surface area contributed by atoms with Gasteiger partial charge >= 0.3 is 7.82 Å². The number of fused-ring (bicyclic) bond motifs is 5. The molecule has 4 aromatic heterocycles. The number of anilines is 1. The molecule has 16 nitrogen and oxygen atoms in total. The van der Waals surface area contributed by atoms with E-state index in [-0.39, 0.29) is 17.9 Å². The predicted octanol–water partition coefficient (Wildman–Crippen LogP) is 0.571. The van der Waals surface area contributed by atoms with Crippen molar-refractivity contribution in [2.45, 2.75) is 62.2 Å². The van der Waals surface area contributed by atoms with E-state index in [1.54, 1.807) is 22.9 Å². The van der Waals surface area contributed by atoms with Gasteiger partial charge in [-0.3, -0.25) is 13.8 Å². The number of nitrogens with zero attached hydrogens (tertiary/aromatic N) is 5. The van der Waals surface area contributed by atoms with Crippen LogP contribution < -0.4 is 11.3 Å². The van der Waals surface area contributed by atoms with Crippen molar-refractivity contribution in [3.63, 3.8) is 0 Å². The van der Waals surface area contributed by atoms with Gasteiger partial charge in [-0.05, 0) is 25.0 Å². The van der Waals surface area contributed by atoms with Crippen molar-refractivity contribution in [1.29, 1.82) is 0 Å². The number of aliphatic hydroxyl groups excluding tert-OH is 2. The lowest BCUT2D eigenvalue weighted by molar-refractivity contribution is -0.0566. The molecule has 3 aliphatic heterocycles. The normalized spacial score (nSPS) is 36.3. The van der Waals surface area contributed by atoms with Gasteiger partial charge in [-0.25, -0.2) is 19.5 Å². The number of hydrogen-bond donors (Lipinski definition) is 5. The number of H-pyrrole nitrogens is 1. The quantitative estimate of drug-likeness (QED) is 0.202. The van der Waals surface area contributed by atoms with E-state index in [4.69, 9.17) is 24.3 Å². The number of aromatic amines is 1. The molecule has 3 fully saturated rings. The van der Waals surface area contributed by atoms with Gasteiger partial charge in [0.15, 0.2) is 18.0 Å². The molecule has 0 saturated carbocycles. The number of aromatic nitrogens is 6. The fourth-order valence-corrected chi connectivity index (χ4v) is 7.05. The number of imidazole rings is 1. The average Bonchev–Trinajstić information content (AvgIpc) is 3.69. The highest BCUT2D eigenvalue weighted by Gasteiger charge is 2.51. The first-order valence-corrected chi connectivity index (χ1v) is 14.7. The minimum Gasteiger partial charge on any atom is -0.388 e. The number of phosphoric acid groups is 1. The second kappa shape index (κ2) is 9.96. The summed E-state index contributed by atoms with van der Waals surface area (Å²) in [5.74, 6) is -0.192. The fraction of sp³-hybridized carbons (Fsp3) is 0.500. The fourth-order valence-electron chi connectivity index (χ4n) is 6.12. The summed E-state index contributed by atoms with van der Waals surface area (Å²) in [4.78, 5) is 37.8. The van der Waals surface area contributed by atoms with Crippen LogP contribution in [0.1, 0.15) is 31.7 Å². The highest BCUT2D eigenvalue weighted by molar-refractivity contribution is 7.47. The monoisotopic (exact) mass is 589 g/mol. The van der Waals surface area contributed by atoms with E-state index in [0.29, 0.717) is 35.8 Å². The largest absolute Gasteiger partial charge is 0.472 e. The third-order valence-corrected chi connectivity index (χ3v) is 9.09. The first-order chi connectivity index (χ1) is 19.7. The van der Waals surface area contributed by atoms with Crippen LogP contribution in [0.5, 0.6) is 0 Å². The molecule has 41 heavy (non-hydrogen) atoms. The molecule has 3 saturated heterocycles. The van der Waals surface area contributed by atoms with Crippen LogP contribution in [0.25, 0.3) is 22.1 Å². The minimum absolute atomic E-state index is 0.146. The summed E-state index contributed by atoms with van der Waals surface area (Å²) in [5, 5.41) is 23.0. The summed E-state index contributed by atoms with van der Waals surface area (Å²) >= 11 is 0. The van der Waals surface area contributed by atoms with Gasteiger partial charge in [-0.2, -0.15) is 0 Å². The molecule has 0 aliphatic carbocycles. The Labute approximate surface area is 231 Å². The van der Waals surface area contributed by atoms with Gasteiger partial charge in [-0.1, -0.05) is 6.42 Å². The van der Waals surface area contributed by atoms with Crippen molar-refractivity contribution in [3.8, 4) is 0 Å². The number of aliphatic hydroxyl groups is 2. The van der Waals surface area contributed by atoms with E-state index in [0.717, 1.165) is 0 Å². The van der Waals surface area contributed by atoms with Gasteiger partial charge in [0.05, 0.1) is 36.0 Å². The Hall–Kier alpha value is -3.21. The molecule has 2 unspecified atom stereocenters. The van der Waals surface area contributed by atoms with Crippen molar-refractivity contribution in [1.82, 2.24) is 29.1 Å². The number of rotatable bonds is 2. The number of phosphoric ester groups is 1. The molecule has 4 aromatic rings. The second-order valence-corrected chi connectivity index (χ2v) is 11.9.